The van der Waals surface area contributed by atoms with Crippen molar-refractivity contribution in [2.75, 3.05) is 18.4 Å². The number of β-amino-alcohol motifs (C(OH)–C–C–N with tert-alkyl or cyclic N) is 1. The van der Waals surface area contributed by atoms with Crippen molar-refractivity contribution >= 4 is 11.6 Å². The summed E-state index contributed by atoms with van der Waals surface area (Å²) < 4.78 is 5.24. The fraction of sp³-hybridized carbons (Fsp3) is 0.500. The average molecular weight is 342 g/mol. The summed E-state index contributed by atoms with van der Waals surface area (Å²) in [6.07, 6.45) is 3.44. The van der Waals surface area contributed by atoms with Crippen molar-refractivity contribution in [2.45, 2.75) is 44.2 Å². The van der Waals surface area contributed by atoms with E-state index in [2.05, 4.69) is 15.5 Å². The van der Waals surface area contributed by atoms with Gasteiger partial charge in [-0.3, -0.25) is 4.79 Å². The van der Waals surface area contributed by atoms with Crippen LogP contribution in [0.4, 0.5) is 5.69 Å². The summed E-state index contributed by atoms with van der Waals surface area (Å²) in [5.74, 6) is 1.75. The van der Waals surface area contributed by atoms with E-state index in [1.54, 1.807) is 11.0 Å². The maximum Gasteiger partial charge on any atom is 0.254 e. The second-order valence-corrected chi connectivity index (χ2v) is 6.80. The monoisotopic (exact) mass is 342 g/mol. The Bertz CT molecular complexity index is 756. The highest BCUT2D eigenvalue weighted by molar-refractivity contribution is 5.95. The Labute approximate surface area is 146 Å². The van der Waals surface area contributed by atoms with Crippen LogP contribution in [0.5, 0.6) is 0 Å². The largest absolute Gasteiger partial charge is 0.391 e. The number of likely N-dealkylation sites (tertiary alicyclic amines) is 1. The van der Waals surface area contributed by atoms with Gasteiger partial charge in [-0.25, -0.2) is 0 Å². The number of carbonyl (C=O) groups is 1. The number of rotatable bonds is 5. The van der Waals surface area contributed by atoms with Crippen molar-refractivity contribution in [3.63, 3.8) is 0 Å². The van der Waals surface area contributed by atoms with Gasteiger partial charge in [0.15, 0.2) is 5.82 Å². The maximum absolute atomic E-state index is 12.6. The van der Waals surface area contributed by atoms with Crippen LogP contribution in [0.25, 0.3) is 0 Å². The molecule has 1 aliphatic carbocycles. The van der Waals surface area contributed by atoms with Gasteiger partial charge >= 0.3 is 0 Å². The molecule has 7 nitrogen and oxygen atoms in total. The number of carbonyl (C=O) groups excluding carboxylic acids is 1. The fourth-order valence-corrected chi connectivity index (χ4v) is 3.10. The number of hydrogen-bond donors (Lipinski definition) is 2. The number of anilines is 1. The highest BCUT2D eigenvalue weighted by Gasteiger charge is 2.29. The highest BCUT2D eigenvalue weighted by atomic mass is 16.5. The van der Waals surface area contributed by atoms with E-state index in [0.29, 0.717) is 36.9 Å². The van der Waals surface area contributed by atoms with Gasteiger partial charge in [0.1, 0.15) is 0 Å². The van der Waals surface area contributed by atoms with E-state index in [1.807, 2.05) is 18.2 Å². The minimum Gasteiger partial charge on any atom is -0.391 e. The molecular formula is C18H22N4O3. The molecule has 0 radical (unpaired) electrons. The van der Waals surface area contributed by atoms with Crippen LogP contribution in [-0.2, 0) is 6.54 Å². The van der Waals surface area contributed by atoms with E-state index in [1.165, 1.54) is 0 Å². The van der Waals surface area contributed by atoms with Gasteiger partial charge in [0.2, 0.25) is 5.89 Å². The van der Waals surface area contributed by atoms with Gasteiger partial charge in [-0.15, -0.1) is 0 Å². The van der Waals surface area contributed by atoms with Crippen molar-refractivity contribution in [2.24, 2.45) is 0 Å². The van der Waals surface area contributed by atoms with Gasteiger partial charge in [-0.1, -0.05) is 11.2 Å². The molecule has 1 atom stereocenters. The normalized spacial score (nSPS) is 20.5. The number of hydrogen-bond acceptors (Lipinski definition) is 6. The van der Waals surface area contributed by atoms with E-state index in [9.17, 15) is 9.90 Å². The predicted octanol–water partition coefficient (Wildman–Crippen LogP) is 2.16. The van der Waals surface area contributed by atoms with Crippen LogP contribution in [0.2, 0.25) is 0 Å². The molecule has 4 rings (SSSR count). The third kappa shape index (κ3) is 3.82. The summed E-state index contributed by atoms with van der Waals surface area (Å²) in [7, 11) is 0. The lowest BCUT2D eigenvalue weighted by Crippen LogP contribution is -2.42. The standard InChI is InChI=1S/C18H22N4O3/c23-15-5-2-8-22(11-15)18(24)13-3-1-4-14(9-13)19-10-16-20-17(25-21-16)12-6-7-12/h1,3-4,9,12,15,19,23H,2,5-8,10-11H2. The summed E-state index contributed by atoms with van der Waals surface area (Å²) in [6, 6.07) is 7.38. The molecule has 2 fully saturated rings. The molecule has 1 unspecified atom stereocenters. The van der Waals surface area contributed by atoms with Gasteiger partial charge in [-0.05, 0) is 43.9 Å². The number of amides is 1. The Morgan fingerprint density at radius 2 is 2.24 bits per heavy atom. The molecule has 0 spiro atoms. The first-order valence-corrected chi connectivity index (χ1v) is 8.83. The summed E-state index contributed by atoms with van der Waals surface area (Å²) >= 11 is 0. The number of piperidine rings is 1. The van der Waals surface area contributed by atoms with Gasteiger partial charge in [-0.2, -0.15) is 4.98 Å². The van der Waals surface area contributed by atoms with Crippen molar-refractivity contribution in [3.05, 3.63) is 41.5 Å². The molecule has 1 aliphatic heterocycles. The van der Waals surface area contributed by atoms with E-state index in [0.717, 1.165) is 37.3 Å². The minimum absolute atomic E-state index is 0.0435. The molecule has 2 aromatic rings. The minimum atomic E-state index is -0.419. The molecule has 2 heterocycles. The smallest absolute Gasteiger partial charge is 0.254 e. The van der Waals surface area contributed by atoms with Crippen LogP contribution in [0.15, 0.2) is 28.8 Å². The first-order valence-electron chi connectivity index (χ1n) is 8.83. The number of aromatic nitrogens is 2. The SMILES string of the molecule is O=C(c1cccc(NCc2noc(C3CC3)n2)c1)N1CCCC(O)C1. The van der Waals surface area contributed by atoms with Crippen LogP contribution in [0, 0.1) is 0 Å². The second-order valence-electron chi connectivity index (χ2n) is 6.80. The van der Waals surface area contributed by atoms with E-state index in [4.69, 9.17) is 4.52 Å². The van der Waals surface area contributed by atoms with Crippen LogP contribution in [0.1, 0.15) is 53.7 Å². The Kier molecular flexibility index (Phi) is 4.40. The van der Waals surface area contributed by atoms with Crippen LogP contribution in [0.3, 0.4) is 0 Å². The van der Waals surface area contributed by atoms with E-state index in [-0.39, 0.29) is 5.91 Å². The molecule has 25 heavy (non-hydrogen) atoms. The highest BCUT2D eigenvalue weighted by Crippen LogP contribution is 2.38. The molecule has 0 bridgehead atoms. The number of aliphatic hydroxyl groups excluding tert-OH is 1. The number of aliphatic hydroxyl groups is 1. The summed E-state index contributed by atoms with van der Waals surface area (Å²) in [4.78, 5) is 18.7. The molecule has 2 N–H and O–H groups in total. The van der Waals surface area contributed by atoms with Crippen LogP contribution < -0.4 is 5.32 Å². The molecule has 2 aliphatic rings. The van der Waals surface area contributed by atoms with Crippen LogP contribution >= 0.6 is 0 Å². The Balaban J connectivity index is 1.39. The van der Waals surface area contributed by atoms with Crippen molar-refractivity contribution in [1.29, 1.82) is 0 Å². The lowest BCUT2D eigenvalue weighted by atomic mass is 10.1. The quantitative estimate of drug-likeness (QED) is 0.865. The summed E-state index contributed by atoms with van der Waals surface area (Å²) in [5, 5.41) is 17.0. The zero-order valence-electron chi connectivity index (χ0n) is 14.0. The van der Waals surface area contributed by atoms with Gasteiger partial charge < -0.3 is 19.8 Å². The molecule has 7 heteroatoms. The lowest BCUT2D eigenvalue weighted by molar-refractivity contribution is 0.0474. The summed E-state index contributed by atoms with van der Waals surface area (Å²) in [6.45, 7) is 1.56. The predicted molar refractivity (Wildman–Crippen MR) is 91.2 cm³/mol. The van der Waals surface area contributed by atoms with Crippen molar-refractivity contribution in [3.8, 4) is 0 Å². The first-order chi connectivity index (χ1) is 12.2. The number of nitrogens with zero attached hydrogens (tertiary/aromatic N) is 3. The molecule has 132 valence electrons. The van der Waals surface area contributed by atoms with Gasteiger partial charge in [0.05, 0.1) is 12.6 Å². The topological polar surface area (TPSA) is 91.5 Å². The Morgan fingerprint density at radius 3 is 3.04 bits per heavy atom. The Morgan fingerprint density at radius 1 is 1.36 bits per heavy atom. The Hall–Kier alpha value is -2.41. The molecular weight excluding hydrogens is 320 g/mol. The van der Waals surface area contributed by atoms with E-state index >= 15 is 0 Å². The lowest BCUT2D eigenvalue weighted by Gasteiger charge is -2.30. The number of benzene rings is 1. The molecule has 1 amide bonds. The maximum atomic E-state index is 12.6. The first kappa shape index (κ1) is 16.1. The van der Waals surface area contributed by atoms with Crippen molar-refractivity contribution < 1.29 is 14.4 Å². The molecule has 1 saturated carbocycles. The third-order valence-corrected chi connectivity index (χ3v) is 4.65. The fourth-order valence-electron chi connectivity index (χ4n) is 3.10. The summed E-state index contributed by atoms with van der Waals surface area (Å²) in [5.41, 5.74) is 1.45. The zero-order valence-corrected chi connectivity index (χ0v) is 14.0. The third-order valence-electron chi connectivity index (χ3n) is 4.65. The number of nitrogens with one attached hydrogen (secondary N) is 1. The molecule has 1 saturated heterocycles. The van der Waals surface area contributed by atoms with E-state index < -0.39 is 6.10 Å². The average Bonchev–Trinajstić information content (AvgIpc) is 3.38. The zero-order chi connectivity index (χ0) is 17.2. The molecule has 1 aromatic carbocycles. The van der Waals surface area contributed by atoms with Gasteiger partial charge in [0, 0.05) is 30.3 Å². The van der Waals surface area contributed by atoms with Crippen LogP contribution in [-0.4, -0.2) is 45.2 Å². The molecule has 1 aromatic heterocycles. The second kappa shape index (κ2) is 6.84. The van der Waals surface area contributed by atoms with Crippen molar-refractivity contribution in [1.82, 2.24) is 15.0 Å². The van der Waals surface area contributed by atoms with Gasteiger partial charge in [0.25, 0.3) is 5.91 Å².